The zero-order valence-electron chi connectivity index (χ0n) is 11.1. The van der Waals surface area contributed by atoms with Gasteiger partial charge in [-0.1, -0.05) is 0 Å². The van der Waals surface area contributed by atoms with E-state index in [1.54, 1.807) is 6.07 Å². The van der Waals surface area contributed by atoms with E-state index >= 15 is 0 Å². The Morgan fingerprint density at radius 1 is 1.60 bits per heavy atom. The molecule has 0 aliphatic carbocycles. The van der Waals surface area contributed by atoms with Gasteiger partial charge < -0.3 is 10.1 Å². The Labute approximate surface area is 130 Å². The highest BCUT2D eigenvalue weighted by Gasteiger charge is 2.38. The Morgan fingerprint density at radius 3 is 2.85 bits per heavy atom. The number of amides is 1. The fraction of sp³-hybridized carbons (Fsp3) is 0.545. The molecule has 0 spiro atoms. The molecule has 6 nitrogen and oxygen atoms in total. The van der Waals surface area contributed by atoms with Crippen LogP contribution < -0.4 is 5.32 Å². The van der Waals surface area contributed by atoms with Gasteiger partial charge in [-0.05, 0) is 34.5 Å². The SMILES string of the molecule is CNC(=O)C1COCCN1S(=O)(=O)c1cc(C)c(Br)s1. The van der Waals surface area contributed by atoms with Gasteiger partial charge in [-0.3, -0.25) is 4.79 Å². The zero-order valence-corrected chi connectivity index (χ0v) is 14.3. The summed E-state index contributed by atoms with van der Waals surface area (Å²) >= 11 is 4.47. The van der Waals surface area contributed by atoms with Crippen LogP contribution in [-0.4, -0.2) is 51.5 Å². The number of thiophene rings is 1. The number of morpholine rings is 1. The summed E-state index contributed by atoms with van der Waals surface area (Å²) in [6, 6.07) is 0.792. The molecule has 1 aromatic heterocycles. The van der Waals surface area contributed by atoms with Crippen molar-refractivity contribution >= 4 is 43.2 Å². The fourth-order valence-corrected chi connectivity index (χ4v) is 5.84. The summed E-state index contributed by atoms with van der Waals surface area (Å²) < 4.78 is 32.8. The Balaban J connectivity index is 2.37. The van der Waals surface area contributed by atoms with Gasteiger partial charge in [-0.2, -0.15) is 4.31 Å². The van der Waals surface area contributed by atoms with Crippen molar-refractivity contribution < 1.29 is 17.9 Å². The predicted octanol–water partition coefficient (Wildman–Crippen LogP) is 0.955. The van der Waals surface area contributed by atoms with E-state index in [-0.39, 0.29) is 29.9 Å². The maximum absolute atomic E-state index is 12.7. The zero-order chi connectivity index (χ0) is 14.9. The first kappa shape index (κ1) is 15.9. The number of likely N-dealkylation sites (N-methyl/N-ethyl adjacent to an activating group) is 1. The number of carbonyl (C=O) groups is 1. The van der Waals surface area contributed by atoms with Crippen LogP contribution in [0, 0.1) is 6.92 Å². The Kier molecular flexibility index (Phi) is 4.85. The summed E-state index contributed by atoms with van der Waals surface area (Å²) in [6.45, 7) is 2.37. The van der Waals surface area contributed by atoms with Gasteiger partial charge in [0.15, 0.2) is 0 Å². The van der Waals surface area contributed by atoms with E-state index in [0.717, 1.165) is 20.7 Å². The van der Waals surface area contributed by atoms with E-state index in [1.807, 2.05) is 6.92 Å². The number of ether oxygens (including phenoxy) is 1. The average molecular weight is 383 g/mol. The Morgan fingerprint density at radius 2 is 2.30 bits per heavy atom. The molecule has 0 saturated carbocycles. The second-order valence-corrected chi connectivity index (χ2v) is 8.83. The topological polar surface area (TPSA) is 75.7 Å². The molecular weight excluding hydrogens is 368 g/mol. The first-order chi connectivity index (χ1) is 9.37. The summed E-state index contributed by atoms with van der Waals surface area (Å²) in [5.74, 6) is -0.361. The normalized spacial score (nSPS) is 20.9. The smallest absolute Gasteiger partial charge is 0.253 e. The number of nitrogens with zero attached hydrogens (tertiary/aromatic N) is 1. The van der Waals surface area contributed by atoms with E-state index < -0.39 is 16.1 Å². The number of sulfonamides is 1. The number of hydrogen-bond acceptors (Lipinski definition) is 5. The lowest BCUT2D eigenvalue weighted by atomic mass is 10.2. The summed E-state index contributed by atoms with van der Waals surface area (Å²) in [5.41, 5.74) is 0.860. The molecule has 0 aromatic carbocycles. The van der Waals surface area contributed by atoms with Crippen LogP contribution in [0.1, 0.15) is 5.56 Å². The largest absolute Gasteiger partial charge is 0.378 e. The number of carbonyl (C=O) groups excluding carboxylic acids is 1. The molecule has 0 bridgehead atoms. The molecule has 0 radical (unpaired) electrons. The van der Waals surface area contributed by atoms with Crippen molar-refractivity contribution in [2.75, 3.05) is 26.8 Å². The molecule has 1 unspecified atom stereocenters. The molecule has 112 valence electrons. The van der Waals surface area contributed by atoms with Crippen LogP contribution in [-0.2, 0) is 19.6 Å². The minimum atomic E-state index is -3.69. The first-order valence-corrected chi connectivity index (χ1v) is 9.00. The third-order valence-electron chi connectivity index (χ3n) is 3.03. The fourth-order valence-electron chi connectivity index (χ4n) is 1.92. The lowest BCUT2D eigenvalue weighted by molar-refractivity contribution is -0.128. The van der Waals surface area contributed by atoms with Gasteiger partial charge in [0.1, 0.15) is 10.3 Å². The summed E-state index contributed by atoms with van der Waals surface area (Å²) in [5, 5.41) is 2.47. The van der Waals surface area contributed by atoms with Crippen molar-refractivity contribution in [3.8, 4) is 0 Å². The summed E-state index contributed by atoms with van der Waals surface area (Å²) in [6.07, 6.45) is 0. The van der Waals surface area contributed by atoms with Gasteiger partial charge in [-0.15, -0.1) is 11.3 Å². The molecule has 1 fully saturated rings. The van der Waals surface area contributed by atoms with E-state index in [1.165, 1.54) is 11.4 Å². The Hall–Kier alpha value is -0.480. The average Bonchev–Trinajstić information content (AvgIpc) is 2.78. The number of aryl methyl sites for hydroxylation is 1. The molecule has 9 heteroatoms. The summed E-state index contributed by atoms with van der Waals surface area (Å²) in [4.78, 5) is 11.8. The molecule has 1 amide bonds. The maximum atomic E-state index is 12.7. The van der Waals surface area contributed by atoms with Gasteiger partial charge in [0.25, 0.3) is 10.0 Å². The van der Waals surface area contributed by atoms with Crippen LogP contribution in [0.3, 0.4) is 0 Å². The third-order valence-corrected chi connectivity index (χ3v) is 7.52. The van der Waals surface area contributed by atoms with Crippen LogP contribution in [0.15, 0.2) is 14.1 Å². The number of rotatable bonds is 3. The van der Waals surface area contributed by atoms with Gasteiger partial charge in [0.05, 0.1) is 17.0 Å². The van der Waals surface area contributed by atoms with Crippen LogP contribution >= 0.6 is 27.3 Å². The Bertz CT molecular complexity index is 594. The molecule has 1 aliphatic heterocycles. The second-order valence-electron chi connectivity index (χ2n) is 4.34. The maximum Gasteiger partial charge on any atom is 0.253 e. The van der Waals surface area contributed by atoms with Crippen LogP contribution in [0.4, 0.5) is 0 Å². The van der Waals surface area contributed by atoms with E-state index in [2.05, 4.69) is 21.2 Å². The highest BCUT2D eigenvalue weighted by Crippen LogP contribution is 2.33. The highest BCUT2D eigenvalue weighted by atomic mass is 79.9. The highest BCUT2D eigenvalue weighted by molar-refractivity contribution is 9.11. The lowest BCUT2D eigenvalue weighted by Gasteiger charge is -2.32. The number of hydrogen-bond donors (Lipinski definition) is 1. The molecule has 2 heterocycles. The molecule has 2 rings (SSSR count). The van der Waals surface area contributed by atoms with Crippen molar-refractivity contribution in [3.63, 3.8) is 0 Å². The third kappa shape index (κ3) is 2.91. The predicted molar refractivity (Wildman–Crippen MR) is 79.3 cm³/mol. The van der Waals surface area contributed by atoms with E-state index in [0.29, 0.717) is 0 Å². The van der Waals surface area contributed by atoms with Crippen molar-refractivity contribution in [2.45, 2.75) is 17.2 Å². The van der Waals surface area contributed by atoms with Crippen molar-refractivity contribution in [1.29, 1.82) is 0 Å². The van der Waals surface area contributed by atoms with Crippen molar-refractivity contribution in [3.05, 3.63) is 15.4 Å². The monoisotopic (exact) mass is 382 g/mol. The van der Waals surface area contributed by atoms with Crippen molar-refractivity contribution in [1.82, 2.24) is 9.62 Å². The molecule has 1 aromatic rings. The number of halogens is 1. The minimum absolute atomic E-state index is 0.0738. The standard InChI is InChI=1S/C11H15BrN2O4S2/c1-7-5-9(19-10(7)12)20(16,17)14-3-4-18-6-8(14)11(15)13-2/h5,8H,3-4,6H2,1-2H3,(H,13,15). The second kappa shape index (κ2) is 6.10. The molecule has 20 heavy (non-hydrogen) atoms. The summed E-state index contributed by atoms with van der Waals surface area (Å²) in [7, 11) is -2.21. The van der Waals surface area contributed by atoms with Crippen LogP contribution in [0.5, 0.6) is 0 Å². The minimum Gasteiger partial charge on any atom is -0.378 e. The number of nitrogens with one attached hydrogen (secondary N) is 1. The van der Waals surface area contributed by atoms with Gasteiger partial charge in [-0.25, -0.2) is 8.42 Å². The lowest BCUT2D eigenvalue weighted by Crippen LogP contribution is -2.55. The molecule has 1 atom stereocenters. The van der Waals surface area contributed by atoms with Gasteiger partial charge in [0.2, 0.25) is 5.91 Å². The van der Waals surface area contributed by atoms with Gasteiger partial charge in [0, 0.05) is 13.6 Å². The van der Waals surface area contributed by atoms with E-state index in [9.17, 15) is 13.2 Å². The van der Waals surface area contributed by atoms with Crippen LogP contribution in [0.25, 0.3) is 0 Å². The van der Waals surface area contributed by atoms with Crippen LogP contribution in [0.2, 0.25) is 0 Å². The van der Waals surface area contributed by atoms with Crippen molar-refractivity contribution in [2.24, 2.45) is 0 Å². The molecule has 1 N–H and O–H groups in total. The molecule has 1 saturated heterocycles. The quantitative estimate of drug-likeness (QED) is 0.844. The van der Waals surface area contributed by atoms with Gasteiger partial charge >= 0.3 is 0 Å². The molecule has 1 aliphatic rings. The first-order valence-electron chi connectivity index (χ1n) is 5.95. The molecular formula is C11H15BrN2O4S2. The van der Waals surface area contributed by atoms with E-state index in [4.69, 9.17) is 4.74 Å².